The van der Waals surface area contributed by atoms with Gasteiger partial charge >= 0.3 is 0 Å². The van der Waals surface area contributed by atoms with Crippen molar-refractivity contribution in [2.45, 2.75) is 43.6 Å². The van der Waals surface area contributed by atoms with Crippen LogP contribution in [0.4, 0.5) is 0 Å². The zero-order valence-corrected chi connectivity index (χ0v) is 12.7. The summed E-state index contributed by atoms with van der Waals surface area (Å²) in [5, 5.41) is 4.61. The third kappa shape index (κ3) is 1.96. The molecule has 3 heteroatoms. The van der Waals surface area contributed by atoms with Crippen LogP contribution in [0.15, 0.2) is 18.2 Å². The summed E-state index contributed by atoms with van der Waals surface area (Å²) in [5.74, 6) is 2.73. The molecule has 2 heterocycles. The highest BCUT2D eigenvalue weighted by atomic mass is 35.5. The van der Waals surface area contributed by atoms with Crippen LogP contribution in [0.5, 0.6) is 5.75 Å². The Balaban J connectivity index is 1.82. The summed E-state index contributed by atoms with van der Waals surface area (Å²) >= 11 is 6.28. The first-order chi connectivity index (χ1) is 9.68. The van der Waals surface area contributed by atoms with E-state index in [4.69, 9.17) is 16.3 Å². The maximum Gasteiger partial charge on any atom is 0.122 e. The largest absolute Gasteiger partial charge is 0.496 e. The van der Waals surface area contributed by atoms with Gasteiger partial charge in [0.1, 0.15) is 5.75 Å². The molecular weight excluding hydrogens is 270 g/mol. The first kappa shape index (κ1) is 13.0. The Labute approximate surface area is 125 Å². The third-order valence-corrected chi connectivity index (χ3v) is 5.94. The Morgan fingerprint density at radius 1 is 1.20 bits per heavy atom. The lowest BCUT2D eigenvalue weighted by atomic mass is 9.56. The van der Waals surface area contributed by atoms with Gasteiger partial charge in [0, 0.05) is 22.0 Å². The molecule has 2 nitrogen and oxygen atoms in total. The van der Waals surface area contributed by atoms with E-state index in [1.54, 1.807) is 7.11 Å². The number of benzene rings is 1. The number of hydrogen-bond acceptors (Lipinski definition) is 2. The molecule has 2 saturated heterocycles. The van der Waals surface area contributed by atoms with Crippen molar-refractivity contribution in [2.75, 3.05) is 13.7 Å². The summed E-state index contributed by atoms with van der Waals surface area (Å²) in [6.45, 7) is 1.20. The molecule has 20 heavy (non-hydrogen) atoms. The Bertz CT molecular complexity index is 514. The van der Waals surface area contributed by atoms with Gasteiger partial charge in [-0.25, -0.2) is 0 Å². The first-order valence-electron chi connectivity index (χ1n) is 7.76. The second kappa shape index (κ2) is 4.64. The van der Waals surface area contributed by atoms with Gasteiger partial charge in [-0.2, -0.15) is 0 Å². The van der Waals surface area contributed by atoms with Crippen molar-refractivity contribution < 1.29 is 4.74 Å². The van der Waals surface area contributed by atoms with Crippen molar-refractivity contribution >= 4 is 11.6 Å². The minimum absolute atomic E-state index is 0.288. The van der Waals surface area contributed by atoms with Crippen LogP contribution < -0.4 is 10.1 Å². The molecule has 1 aromatic rings. The highest BCUT2D eigenvalue weighted by Gasteiger charge is 2.50. The summed E-state index contributed by atoms with van der Waals surface area (Å²) in [7, 11) is 1.78. The summed E-state index contributed by atoms with van der Waals surface area (Å²) in [4.78, 5) is 0. The van der Waals surface area contributed by atoms with Crippen molar-refractivity contribution in [3.8, 4) is 5.75 Å². The Morgan fingerprint density at radius 3 is 2.90 bits per heavy atom. The van der Waals surface area contributed by atoms with E-state index in [0.717, 1.165) is 22.6 Å². The molecule has 4 bridgehead atoms. The van der Waals surface area contributed by atoms with Gasteiger partial charge < -0.3 is 10.1 Å². The first-order valence-corrected chi connectivity index (χ1v) is 8.14. The van der Waals surface area contributed by atoms with Crippen molar-refractivity contribution in [1.82, 2.24) is 5.32 Å². The number of halogens is 1. The van der Waals surface area contributed by atoms with Crippen LogP contribution in [0.1, 0.15) is 37.7 Å². The smallest absolute Gasteiger partial charge is 0.122 e. The van der Waals surface area contributed by atoms with E-state index in [1.165, 1.54) is 44.2 Å². The van der Waals surface area contributed by atoms with E-state index in [1.807, 2.05) is 12.1 Å². The zero-order chi connectivity index (χ0) is 13.7. The molecule has 2 saturated carbocycles. The molecule has 0 radical (unpaired) electrons. The second-order valence-electron chi connectivity index (χ2n) is 7.05. The Hall–Kier alpha value is -0.730. The average molecular weight is 292 g/mol. The third-order valence-electron chi connectivity index (χ3n) is 5.71. The van der Waals surface area contributed by atoms with Crippen LogP contribution in [-0.2, 0) is 5.41 Å². The van der Waals surface area contributed by atoms with Crippen LogP contribution in [0, 0.1) is 11.8 Å². The van der Waals surface area contributed by atoms with E-state index in [9.17, 15) is 0 Å². The maximum atomic E-state index is 6.28. The number of nitrogens with one attached hydrogen (secondary N) is 1. The lowest BCUT2D eigenvalue weighted by Crippen LogP contribution is -2.44. The molecule has 5 rings (SSSR count). The maximum absolute atomic E-state index is 6.28. The van der Waals surface area contributed by atoms with Crippen molar-refractivity contribution in [3.63, 3.8) is 0 Å². The highest BCUT2D eigenvalue weighted by Crippen LogP contribution is 2.55. The summed E-state index contributed by atoms with van der Waals surface area (Å²) in [6, 6.07) is 6.83. The van der Waals surface area contributed by atoms with E-state index >= 15 is 0 Å². The van der Waals surface area contributed by atoms with Crippen molar-refractivity contribution in [3.05, 3.63) is 28.8 Å². The normalized spacial score (nSPS) is 38.8. The molecular formula is C17H22ClNO. The van der Waals surface area contributed by atoms with Gasteiger partial charge in [-0.05, 0) is 68.7 Å². The fourth-order valence-electron chi connectivity index (χ4n) is 5.20. The predicted molar refractivity (Wildman–Crippen MR) is 81.5 cm³/mol. The monoisotopic (exact) mass is 291 g/mol. The molecule has 0 aromatic heterocycles. The van der Waals surface area contributed by atoms with E-state index in [-0.39, 0.29) is 5.41 Å². The quantitative estimate of drug-likeness (QED) is 0.896. The summed E-state index contributed by atoms with van der Waals surface area (Å²) in [5.41, 5.74) is 1.64. The van der Waals surface area contributed by atoms with Gasteiger partial charge in [0.15, 0.2) is 0 Å². The van der Waals surface area contributed by atoms with Crippen LogP contribution in [-0.4, -0.2) is 19.7 Å². The van der Waals surface area contributed by atoms with Gasteiger partial charge in [-0.1, -0.05) is 11.6 Å². The lowest BCUT2D eigenvalue weighted by molar-refractivity contribution is 0.116. The van der Waals surface area contributed by atoms with Gasteiger partial charge in [0.05, 0.1) is 7.11 Å². The lowest BCUT2D eigenvalue weighted by Gasteiger charge is -2.48. The molecule has 1 N–H and O–H groups in total. The molecule has 2 aliphatic heterocycles. The zero-order valence-electron chi connectivity index (χ0n) is 12.0. The van der Waals surface area contributed by atoms with Crippen LogP contribution in [0.2, 0.25) is 5.02 Å². The minimum atomic E-state index is 0.288. The van der Waals surface area contributed by atoms with Crippen molar-refractivity contribution in [2.24, 2.45) is 11.8 Å². The van der Waals surface area contributed by atoms with Crippen LogP contribution >= 0.6 is 11.6 Å². The van der Waals surface area contributed by atoms with E-state index in [0.29, 0.717) is 6.04 Å². The molecule has 4 fully saturated rings. The van der Waals surface area contributed by atoms with Gasteiger partial charge in [-0.15, -0.1) is 0 Å². The van der Waals surface area contributed by atoms with Crippen molar-refractivity contribution in [1.29, 1.82) is 0 Å². The van der Waals surface area contributed by atoms with Crippen LogP contribution in [0.25, 0.3) is 0 Å². The van der Waals surface area contributed by atoms with E-state index < -0.39 is 0 Å². The molecule has 2 aliphatic carbocycles. The number of ether oxygens (including phenoxy) is 1. The number of methoxy groups -OCH3 is 1. The Kier molecular flexibility index (Phi) is 3.01. The van der Waals surface area contributed by atoms with Crippen LogP contribution in [0.3, 0.4) is 0 Å². The van der Waals surface area contributed by atoms with E-state index in [2.05, 4.69) is 11.4 Å². The topological polar surface area (TPSA) is 21.3 Å². The summed E-state index contributed by atoms with van der Waals surface area (Å²) in [6.07, 6.45) is 6.63. The fraction of sp³-hybridized carbons (Fsp3) is 0.647. The fourth-order valence-corrected chi connectivity index (χ4v) is 5.37. The molecule has 4 aliphatic rings. The SMILES string of the molecule is COc1ccc(Cl)cc1[C@@]12C[C@@H]3C[C@H](CN[C@@H](C3)C1)C2. The molecule has 0 spiro atoms. The molecule has 108 valence electrons. The van der Waals surface area contributed by atoms with Gasteiger partial charge in [0.2, 0.25) is 0 Å². The number of rotatable bonds is 2. The Morgan fingerprint density at radius 2 is 2.05 bits per heavy atom. The molecule has 0 amide bonds. The number of fused-ring (bicyclic) bond motifs is 1. The predicted octanol–water partition coefficient (Wildman–Crippen LogP) is 3.77. The number of hydrogen-bond donors (Lipinski definition) is 1. The molecule has 0 unspecified atom stereocenters. The molecule has 4 atom stereocenters. The summed E-state index contributed by atoms with van der Waals surface area (Å²) < 4.78 is 5.65. The standard InChI is InChI=1S/C17H22ClNO/c1-20-16-3-2-13(18)6-15(16)17-7-11-4-12(8-17)10-19-14(5-11)9-17/h2-3,6,11-12,14,19H,4-5,7-10H2,1H3/t11-,12+,14+,17-/m1/s1. The molecule has 1 aromatic carbocycles. The van der Waals surface area contributed by atoms with Gasteiger partial charge in [-0.3, -0.25) is 0 Å². The average Bonchev–Trinajstić information content (AvgIpc) is 2.65. The van der Waals surface area contributed by atoms with Gasteiger partial charge in [0.25, 0.3) is 0 Å². The highest BCUT2D eigenvalue weighted by molar-refractivity contribution is 6.30. The second-order valence-corrected chi connectivity index (χ2v) is 7.48. The minimum Gasteiger partial charge on any atom is -0.496 e.